The monoisotopic (exact) mass is 367 g/mol. The lowest BCUT2D eigenvalue weighted by Crippen LogP contribution is -2.40. The molecule has 2 aromatic rings. The predicted octanol–water partition coefficient (Wildman–Crippen LogP) is 2.27. The molecule has 0 fully saturated rings. The molecule has 1 atom stereocenters. The van der Waals surface area contributed by atoms with Crippen molar-refractivity contribution in [3.8, 4) is 5.88 Å². The Labute approximate surface area is 159 Å². The molecular weight excluding hydrogens is 342 g/mol. The number of carbonyl (C=O) groups excluding carboxylic acids is 1. The number of benzene rings is 1. The van der Waals surface area contributed by atoms with E-state index >= 15 is 0 Å². The van der Waals surface area contributed by atoms with Crippen LogP contribution in [0.3, 0.4) is 0 Å². The molecule has 0 spiro atoms. The van der Waals surface area contributed by atoms with Gasteiger partial charge in [-0.15, -0.1) is 0 Å². The van der Waals surface area contributed by atoms with Gasteiger partial charge in [0.2, 0.25) is 11.8 Å². The van der Waals surface area contributed by atoms with Crippen molar-refractivity contribution in [1.29, 1.82) is 0 Å². The smallest absolute Gasteiger partial charge is 0.225 e. The molecule has 0 radical (unpaired) electrons. The number of pyridine rings is 1. The number of carbonyl (C=O) groups is 1. The molecular formula is C20H25N5O2. The van der Waals surface area contributed by atoms with Crippen LogP contribution in [0.25, 0.3) is 0 Å². The van der Waals surface area contributed by atoms with Gasteiger partial charge in [0.15, 0.2) is 5.96 Å². The number of hydrogen-bond acceptors (Lipinski definition) is 4. The van der Waals surface area contributed by atoms with Crippen LogP contribution in [0.1, 0.15) is 30.4 Å². The molecule has 0 aliphatic carbocycles. The molecule has 1 unspecified atom stereocenters. The number of aliphatic imine (C=N–C) groups is 1. The molecule has 1 aromatic heterocycles. The average molecular weight is 367 g/mol. The van der Waals surface area contributed by atoms with Gasteiger partial charge in [0, 0.05) is 50.4 Å². The molecule has 3 N–H and O–H groups in total. The van der Waals surface area contributed by atoms with Crippen LogP contribution < -0.4 is 20.7 Å². The largest absolute Gasteiger partial charge is 0.478 e. The minimum Gasteiger partial charge on any atom is -0.478 e. The van der Waals surface area contributed by atoms with Gasteiger partial charge in [0.25, 0.3) is 0 Å². The highest BCUT2D eigenvalue weighted by Crippen LogP contribution is 2.31. The van der Waals surface area contributed by atoms with Crippen LogP contribution in [-0.4, -0.2) is 37.1 Å². The zero-order valence-electron chi connectivity index (χ0n) is 15.7. The van der Waals surface area contributed by atoms with E-state index in [9.17, 15) is 4.79 Å². The molecule has 1 aromatic carbocycles. The number of hydrogen-bond donors (Lipinski definition) is 3. The van der Waals surface area contributed by atoms with Crippen LogP contribution in [0, 0.1) is 0 Å². The highest BCUT2D eigenvalue weighted by Gasteiger charge is 2.24. The summed E-state index contributed by atoms with van der Waals surface area (Å²) in [5.41, 5.74) is 3.10. The number of para-hydroxylation sites is 1. The third-order valence-electron chi connectivity index (χ3n) is 4.40. The van der Waals surface area contributed by atoms with Crippen LogP contribution in [0.2, 0.25) is 0 Å². The van der Waals surface area contributed by atoms with Crippen molar-refractivity contribution < 1.29 is 9.53 Å². The summed E-state index contributed by atoms with van der Waals surface area (Å²) >= 11 is 0. The van der Waals surface area contributed by atoms with E-state index in [0.29, 0.717) is 38.0 Å². The highest BCUT2D eigenvalue weighted by atomic mass is 16.5. The molecule has 27 heavy (non-hydrogen) atoms. The summed E-state index contributed by atoms with van der Waals surface area (Å²) in [6.07, 6.45) is 2.19. The van der Waals surface area contributed by atoms with Crippen LogP contribution in [0.4, 0.5) is 5.69 Å². The number of anilines is 1. The van der Waals surface area contributed by atoms with E-state index in [1.807, 2.05) is 37.3 Å². The Hall–Kier alpha value is -3.09. The summed E-state index contributed by atoms with van der Waals surface area (Å²) in [5, 5.41) is 9.53. The number of fused-ring (bicyclic) bond motifs is 1. The van der Waals surface area contributed by atoms with Gasteiger partial charge >= 0.3 is 0 Å². The van der Waals surface area contributed by atoms with E-state index < -0.39 is 0 Å². The van der Waals surface area contributed by atoms with Gasteiger partial charge < -0.3 is 20.7 Å². The van der Waals surface area contributed by atoms with E-state index in [4.69, 9.17) is 4.74 Å². The number of guanidine groups is 1. The quantitative estimate of drug-likeness (QED) is 0.538. The van der Waals surface area contributed by atoms with Gasteiger partial charge in [-0.2, -0.15) is 0 Å². The van der Waals surface area contributed by atoms with Crippen molar-refractivity contribution >= 4 is 17.6 Å². The molecule has 2 heterocycles. The lowest BCUT2D eigenvalue weighted by molar-refractivity contribution is -0.116. The maximum Gasteiger partial charge on any atom is 0.225 e. The highest BCUT2D eigenvalue weighted by molar-refractivity contribution is 5.94. The molecule has 1 aliphatic heterocycles. The number of aromatic nitrogens is 1. The van der Waals surface area contributed by atoms with Crippen LogP contribution >= 0.6 is 0 Å². The minimum absolute atomic E-state index is 0.0451. The fourth-order valence-corrected chi connectivity index (χ4v) is 3.10. The van der Waals surface area contributed by atoms with Gasteiger partial charge in [-0.05, 0) is 30.2 Å². The molecule has 0 saturated carbocycles. The second-order valence-electron chi connectivity index (χ2n) is 6.28. The first-order valence-electron chi connectivity index (χ1n) is 9.10. The van der Waals surface area contributed by atoms with Gasteiger partial charge in [-0.3, -0.25) is 9.79 Å². The number of ether oxygens (including phenoxy) is 1. The second kappa shape index (κ2) is 9.02. The Morgan fingerprint density at radius 3 is 3.00 bits per heavy atom. The zero-order valence-corrected chi connectivity index (χ0v) is 15.7. The Morgan fingerprint density at radius 2 is 2.19 bits per heavy atom. The van der Waals surface area contributed by atoms with Gasteiger partial charge in [-0.1, -0.05) is 18.2 Å². The summed E-state index contributed by atoms with van der Waals surface area (Å²) in [6.45, 7) is 3.75. The SMILES string of the molecule is CCOc1cc(CNC(=NC)NCC2CC(=O)Nc3ccccc32)ccn1. The number of nitrogens with one attached hydrogen (secondary N) is 3. The van der Waals surface area contributed by atoms with Crippen molar-refractivity contribution in [3.63, 3.8) is 0 Å². The summed E-state index contributed by atoms with van der Waals surface area (Å²) in [6, 6.07) is 11.8. The Bertz CT molecular complexity index is 822. The maximum atomic E-state index is 11.9. The topological polar surface area (TPSA) is 87.6 Å². The lowest BCUT2D eigenvalue weighted by atomic mass is 9.90. The summed E-state index contributed by atoms with van der Waals surface area (Å²) in [5.74, 6) is 1.46. The van der Waals surface area contributed by atoms with Crippen LogP contribution in [0.15, 0.2) is 47.6 Å². The standard InChI is InChI=1S/C20H25N5O2/c1-3-27-19-10-14(8-9-22-19)12-23-20(21-2)24-13-15-11-18(26)25-17-7-5-4-6-16(15)17/h4-10,15H,3,11-13H2,1-2H3,(H,25,26)(H2,21,23,24). The molecule has 0 bridgehead atoms. The lowest BCUT2D eigenvalue weighted by Gasteiger charge is -2.26. The molecule has 1 aliphatic rings. The van der Waals surface area contributed by atoms with Crippen LogP contribution in [-0.2, 0) is 11.3 Å². The number of amides is 1. The zero-order chi connectivity index (χ0) is 19.1. The van der Waals surface area contributed by atoms with E-state index in [1.54, 1.807) is 13.2 Å². The van der Waals surface area contributed by atoms with Crippen molar-refractivity contribution in [2.75, 3.05) is 25.5 Å². The van der Waals surface area contributed by atoms with Crippen molar-refractivity contribution in [2.45, 2.75) is 25.8 Å². The van der Waals surface area contributed by atoms with E-state index in [-0.39, 0.29) is 11.8 Å². The van der Waals surface area contributed by atoms with E-state index in [2.05, 4.69) is 32.0 Å². The van der Waals surface area contributed by atoms with Gasteiger partial charge in [0.1, 0.15) is 0 Å². The molecule has 7 nitrogen and oxygen atoms in total. The van der Waals surface area contributed by atoms with Crippen molar-refractivity contribution in [2.24, 2.45) is 4.99 Å². The fraction of sp³-hybridized carbons (Fsp3) is 0.350. The Kier molecular flexibility index (Phi) is 6.25. The molecule has 142 valence electrons. The third-order valence-corrected chi connectivity index (χ3v) is 4.40. The first-order valence-corrected chi connectivity index (χ1v) is 9.10. The first-order chi connectivity index (χ1) is 13.2. The molecule has 1 amide bonds. The Morgan fingerprint density at radius 1 is 1.33 bits per heavy atom. The first kappa shape index (κ1) is 18.7. The predicted molar refractivity (Wildman–Crippen MR) is 106 cm³/mol. The third kappa shape index (κ3) is 4.97. The molecule has 3 rings (SSSR count). The van der Waals surface area contributed by atoms with Crippen molar-refractivity contribution in [3.05, 3.63) is 53.7 Å². The van der Waals surface area contributed by atoms with E-state index in [0.717, 1.165) is 16.8 Å². The maximum absolute atomic E-state index is 11.9. The van der Waals surface area contributed by atoms with Gasteiger partial charge in [0.05, 0.1) is 6.61 Å². The van der Waals surface area contributed by atoms with E-state index in [1.165, 1.54) is 0 Å². The fourth-order valence-electron chi connectivity index (χ4n) is 3.10. The number of nitrogens with zero attached hydrogens (tertiary/aromatic N) is 2. The summed E-state index contributed by atoms with van der Waals surface area (Å²) in [7, 11) is 1.73. The second-order valence-corrected chi connectivity index (χ2v) is 6.28. The summed E-state index contributed by atoms with van der Waals surface area (Å²) < 4.78 is 5.43. The minimum atomic E-state index is 0.0451. The van der Waals surface area contributed by atoms with Crippen molar-refractivity contribution in [1.82, 2.24) is 15.6 Å². The average Bonchev–Trinajstić information content (AvgIpc) is 2.68. The van der Waals surface area contributed by atoms with Gasteiger partial charge in [-0.25, -0.2) is 4.98 Å². The van der Waals surface area contributed by atoms with Crippen LogP contribution in [0.5, 0.6) is 5.88 Å². The molecule has 7 heteroatoms. The normalized spacial score (nSPS) is 16.3. The number of rotatable bonds is 6. The summed E-state index contributed by atoms with van der Waals surface area (Å²) in [4.78, 5) is 20.4. The Balaban J connectivity index is 1.57. The molecule has 0 saturated heterocycles.